The number of hydrogen-bond acceptors (Lipinski definition) is 3. The number of hydrogen-bond donors (Lipinski definition) is 1. The highest BCUT2D eigenvalue weighted by Gasteiger charge is 2.16. The second-order valence-electron chi connectivity index (χ2n) is 4.17. The predicted molar refractivity (Wildman–Crippen MR) is 56.4 cm³/mol. The van der Waals surface area contributed by atoms with E-state index in [4.69, 9.17) is 9.84 Å². The molecule has 1 aromatic heterocycles. The van der Waals surface area contributed by atoms with E-state index in [1.54, 1.807) is 4.68 Å². The number of aliphatic hydroxyl groups is 1. The number of aromatic nitrogens is 2. The molecule has 1 saturated heterocycles. The molecule has 1 N–H and O–H groups in total. The Morgan fingerprint density at radius 1 is 1.53 bits per heavy atom. The van der Waals surface area contributed by atoms with Crippen molar-refractivity contribution in [3.8, 4) is 0 Å². The molecule has 0 amide bonds. The maximum Gasteiger partial charge on any atom is 0.0849 e. The van der Waals surface area contributed by atoms with Crippen LogP contribution in [0.3, 0.4) is 0 Å². The van der Waals surface area contributed by atoms with Gasteiger partial charge >= 0.3 is 0 Å². The van der Waals surface area contributed by atoms with Gasteiger partial charge in [0.25, 0.3) is 0 Å². The van der Waals surface area contributed by atoms with E-state index in [0.29, 0.717) is 5.92 Å². The summed E-state index contributed by atoms with van der Waals surface area (Å²) in [5.41, 5.74) is 1.98. The Morgan fingerprint density at radius 3 is 2.87 bits per heavy atom. The first kappa shape index (κ1) is 10.6. The fourth-order valence-corrected chi connectivity index (χ4v) is 2.07. The minimum Gasteiger partial charge on any atom is -0.390 e. The van der Waals surface area contributed by atoms with Gasteiger partial charge in [0.2, 0.25) is 0 Å². The average molecular weight is 210 g/mol. The normalized spacial score (nSPS) is 18.3. The van der Waals surface area contributed by atoms with Crippen molar-refractivity contribution in [2.45, 2.75) is 25.9 Å². The highest BCUT2D eigenvalue weighted by molar-refractivity contribution is 5.10. The Labute approximate surface area is 89.9 Å². The van der Waals surface area contributed by atoms with Crippen LogP contribution in [0.1, 0.15) is 24.2 Å². The lowest BCUT2D eigenvalue weighted by Gasteiger charge is -2.20. The lowest BCUT2D eigenvalue weighted by molar-refractivity contribution is 0.0662. The quantitative estimate of drug-likeness (QED) is 0.805. The fourth-order valence-electron chi connectivity index (χ4n) is 2.07. The van der Waals surface area contributed by atoms with Crippen LogP contribution in [-0.4, -0.2) is 28.1 Å². The maximum atomic E-state index is 9.06. The number of aryl methyl sites for hydroxylation is 1. The highest BCUT2D eigenvalue weighted by atomic mass is 16.5. The molecule has 1 aliphatic rings. The van der Waals surface area contributed by atoms with Crippen molar-refractivity contribution >= 4 is 0 Å². The lowest BCUT2D eigenvalue weighted by Crippen LogP contribution is -2.17. The van der Waals surface area contributed by atoms with Gasteiger partial charge in [-0.2, -0.15) is 5.10 Å². The van der Waals surface area contributed by atoms with Gasteiger partial charge in [0, 0.05) is 20.3 Å². The zero-order chi connectivity index (χ0) is 10.7. The van der Waals surface area contributed by atoms with Crippen LogP contribution in [0.2, 0.25) is 0 Å². The Morgan fingerprint density at radius 2 is 2.27 bits per heavy atom. The van der Waals surface area contributed by atoms with Crippen molar-refractivity contribution in [3.05, 3.63) is 17.5 Å². The molecule has 1 aromatic rings. The van der Waals surface area contributed by atoms with E-state index in [9.17, 15) is 0 Å². The van der Waals surface area contributed by atoms with E-state index in [0.717, 1.165) is 43.9 Å². The molecule has 2 heterocycles. The van der Waals surface area contributed by atoms with E-state index in [-0.39, 0.29) is 6.61 Å². The summed E-state index contributed by atoms with van der Waals surface area (Å²) in [6.45, 7) is 1.83. The molecule has 2 rings (SSSR count). The molecule has 4 nitrogen and oxygen atoms in total. The first-order valence-corrected chi connectivity index (χ1v) is 5.50. The molecule has 0 atom stereocenters. The highest BCUT2D eigenvalue weighted by Crippen LogP contribution is 2.19. The minimum atomic E-state index is 0.0667. The summed E-state index contributed by atoms with van der Waals surface area (Å²) in [5.74, 6) is 0.695. The summed E-state index contributed by atoms with van der Waals surface area (Å²) < 4.78 is 7.08. The van der Waals surface area contributed by atoms with Crippen LogP contribution in [0.4, 0.5) is 0 Å². The molecule has 0 radical (unpaired) electrons. The summed E-state index contributed by atoms with van der Waals surface area (Å²) in [4.78, 5) is 0. The zero-order valence-corrected chi connectivity index (χ0v) is 9.15. The SMILES string of the molecule is Cn1nc(CC2CCOCC2)cc1CO. The van der Waals surface area contributed by atoms with Gasteiger partial charge in [-0.1, -0.05) is 0 Å². The monoisotopic (exact) mass is 210 g/mol. The van der Waals surface area contributed by atoms with Crippen molar-refractivity contribution in [2.75, 3.05) is 13.2 Å². The van der Waals surface area contributed by atoms with Crippen LogP contribution in [0.5, 0.6) is 0 Å². The van der Waals surface area contributed by atoms with E-state index in [1.165, 1.54) is 0 Å². The number of ether oxygens (including phenoxy) is 1. The standard InChI is InChI=1S/C11H18N2O2/c1-13-11(8-14)7-10(12-13)6-9-2-4-15-5-3-9/h7,9,14H,2-6,8H2,1H3. The third-order valence-electron chi connectivity index (χ3n) is 3.03. The second kappa shape index (κ2) is 4.77. The van der Waals surface area contributed by atoms with Gasteiger partial charge in [-0.3, -0.25) is 4.68 Å². The van der Waals surface area contributed by atoms with Crippen molar-refractivity contribution in [1.29, 1.82) is 0 Å². The Hall–Kier alpha value is -0.870. The van der Waals surface area contributed by atoms with Gasteiger partial charge < -0.3 is 9.84 Å². The maximum absolute atomic E-state index is 9.06. The van der Waals surface area contributed by atoms with Gasteiger partial charge in [0.05, 0.1) is 18.0 Å². The largest absolute Gasteiger partial charge is 0.390 e. The van der Waals surface area contributed by atoms with Crippen LogP contribution >= 0.6 is 0 Å². The molecule has 1 aliphatic heterocycles. The summed E-state index contributed by atoms with van der Waals surface area (Å²) >= 11 is 0. The predicted octanol–water partition coefficient (Wildman–Crippen LogP) is 0.882. The molecule has 15 heavy (non-hydrogen) atoms. The molecule has 4 heteroatoms. The molecule has 1 fully saturated rings. The lowest BCUT2D eigenvalue weighted by atomic mass is 9.95. The average Bonchev–Trinajstić information content (AvgIpc) is 2.60. The van der Waals surface area contributed by atoms with Crippen LogP contribution < -0.4 is 0 Å². The number of aliphatic hydroxyl groups excluding tert-OH is 1. The third kappa shape index (κ3) is 2.58. The summed E-state index contributed by atoms with van der Waals surface area (Å²) in [6.07, 6.45) is 3.27. The van der Waals surface area contributed by atoms with Gasteiger partial charge in [0.15, 0.2) is 0 Å². The molecule has 84 valence electrons. The van der Waals surface area contributed by atoms with Gasteiger partial charge in [-0.15, -0.1) is 0 Å². The molecular formula is C11H18N2O2. The summed E-state index contributed by atoms with van der Waals surface area (Å²) in [6, 6.07) is 2.00. The minimum absolute atomic E-state index is 0.0667. The van der Waals surface area contributed by atoms with Gasteiger partial charge in [-0.05, 0) is 31.2 Å². The Kier molecular flexibility index (Phi) is 3.38. The smallest absolute Gasteiger partial charge is 0.0849 e. The van der Waals surface area contributed by atoms with Crippen molar-refractivity contribution < 1.29 is 9.84 Å². The summed E-state index contributed by atoms with van der Waals surface area (Å²) in [7, 11) is 1.87. The van der Waals surface area contributed by atoms with E-state index >= 15 is 0 Å². The van der Waals surface area contributed by atoms with Gasteiger partial charge in [0.1, 0.15) is 0 Å². The van der Waals surface area contributed by atoms with Crippen LogP contribution in [0.25, 0.3) is 0 Å². The Balaban J connectivity index is 1.97. The molecule has 0 bridgehead atoms. The Bertz CT molecular complexity index is 316. The van der Waals surface area contributed by atoms with Crippen LogP contribution in [-0.2, 0) is 24.8 Å². The van der Waals surface area contributed by atoms with Crippen molar-refractivity contribution in [1.82, 2.24) is 9.78 Å². The first-order valence-electron chi connectivity index (χ1n) is 5.50. The summed E-state index contributed by atoms with van der Waals surface area (Å²) in [5, 5.41) is 13.4. The van der Waals surface area contributed by atoms with E-state index < -0.39 is 0 Å². The van der Waals surface area contributed by atoms with Crippen LogP contribution in [0, 0.1) is 5.92 Å². The topological polar surface area (TPSA) is 47.3 Å². The fraction of sp³-hybridized carbons (Fsp3) is 0.727. The van der Waals surface area contributed by atoms with Crippen LogP contribution in [0.15, 0.2) is 6.07 Å². The molecule has 0 unspecified atom stereocenters. The van der Waals surface area contributed by atoms with Crippen molar-refractivity contribution in [2.24, 2.45) is 13.0 Å². The molecule has 0 aliphatic carbocycles. The second-order valence-corrected chi connectivity index (χ2v) is 4.17. The van der Waals surface area contributed by atoms with Gasteiger partial charge in [-0.25, -0.2) is 0 Å². The number of nitrogens with zero attached hydrogens (tertiary/aromatic N) is 2. The van der Waals surface area contributed by atoms with Crippen molar-refractivity contribution in [3.63, 3.8) is 0 Å². The molecule has 0 saturated carbocycles. The molecular weight excluding hydrogens is 192 g/mol. The molecule has 0 spiro atoms. The third-order valence-corrected chi connectivity index (χ3v) is 3.03. The first-order chi connectivity index (χ1) is 7.29. The number of rotatable bonds is 3. The zero-order valence-electron chi connectivity index (χ0n) is 9.15. The van der Waals surface area contributed by atoms with E-state index in [2.05, 4.69) is 5.10 Å². The molecule has 0 aromatic carbocycles. The van der Waals surface area contributed by atoms with E-state index in [1.807, 2.05) is 13.1 Å².